The Balaban J connectivity index is 1.93. The topological polar surface area (TPSA) is 60.8 Å². The Labute approximate surface area is 124 Å². The van der Waals surface area contributed by atoms with Crippen molar-refractivity contribution >= 4 is 17.5 Å². The lowest BCUT2D eigenvalue weighted by atomic mass is 9.92. The van der Waals surface area contributed by atoms with Crippen LogP contribution in [0.25, 0.3) is 0 Å². The van der Waals surface area contributed by atoms with Gasteiger partial charge in [0, 0.05) is 18.1 Å². The number of piperidine rings is 1. The van der Waals surface area contributed by atoms with E-state index in [1.165, 1.54) is 12.1 Å². The minimum absolute atomic E-state index is 0.0432. The van der Waals surface area contributed by atoms with Crippen LogP contribution in [0, 0.1) is 5.92 Å². The lowest BCUT2D eigenvalue weighted by Crippen LogP contribution is -2.41. The van der Waals surface area contributed by atoms with E-state index in [0.717, 1.165) is 18.4 Å². The van der Waals surface area contributed by atoms with Crippen molar-refractivity contribution in [1.82, 2.24) is 4.90 Å². The molecule has 0 spiro atoms. The summed E-state index contributed by atoms with van der Waals surface area (Å²) in [4.78, 5) is 14.0. The van der Waals surface area contributed by atoms with Crippen molar-refractivity contribution in [2.75, 3.05) is 13.1 Å². The number of benzene rings is 1. The first-order chi connectivity index (χ1) is 9.47. The molecule has 2 N–H and O–H groups in total. The SMILES string of the molecule is CC(O)C1CCN(C(=O)Cc2ccc(O)cc2Cl)CC1. The maximum Gasteiger partial charge on any atom is 0.227 e. The number of carbonyl (C=O) groups excluding carboxylic acids is 1. The molecule has 4 nitrogen and oxygen atoms in total. The number of phenols is 1. The zero-order valence-electron chi connectivity index (χ0n) is 11.6. The Morgan fingerprint density at radius 3 is 2.65 bits per heavy atom. The highest BCUT2D eigenvalue weighted by Crippen LogP contribution is 2.24. The average molecular weight is 298 g/mol. The third-order valence-electron chi connectivity index (χ3n) is 3.95. The molecule has 20 heavy (non-hydrogen) atoms. The number of carbonyl (C=O) groups is 1. The van der Waals surface area contributed by atoms with Gasteiger partial charge in [0.2, 0.25) is 5.91 Å². The molecule has 1 atom stereocenters. The predicted molar refractivity (Wildman–Crippen MR) is 77.8 cm³/mol. The zero-order chi connectivity index (χ0) is 14.7. The Hall–Kier alpha value is -1.26. The first-order valence-electron chi connectivity index (χ1n) is 6.90. The molecule has 5 heteroatoms. The molecule has 2 rings (SSSR count). The van der Waals surface area contributed by atoms with Crippen molar-refractivity contribution in [2.24, 2.45) is 5.92 Å². The minimum Gasteiger partial charge on any atom is -0.508 e. The zero-order valence-corrected chi connectivity index (χ0v) is 12.3. The molecule has 1 amide bonds. The van der Waals surface area contributed by atoms with Gasteiger partial charge in [-0.25, -0.2) is 0 Å². The van der Waals surface area contributed by atoms with Gasteiger partial charge in [-0.05, 0) is 43.4 Å². The third kappa shape index (κ3) is 3.64. The summed E-state index contributed by atoms with van der Waals surface area (Å²) in [6.07, 6.45) is 1.62. The van der Waals surface area contributed by atoms with E-state index in [2.05, 4.69) is 0 Å². The van der Waals surface area contributed by atoms with Crippen LogP contribution in [-0.4, -0.2) is 40.2 Å². The largest absolute Gasteiger partial charge is 0.508 e. The molecule has 0 saturated carbocycles. The van der Waals surface area contributed by atoms with Gasteiger partial charge in [0.15, 0.2) is 0 Å². The molecule has 0 aromatic heterocycles. The number of hydrogen-bond acceptors (Lipinski definition) is 3. The van der Waals surface area contributed by atoms with Gasteiger partial charge in [0.1, 0.15) is 5.75 Å². The first kappa shape index (κ1) is 15.1. The van der Waals surface area contributed by atoms with E-state index in [4.69, 9.17) is 11.6 Å². The smallest absolute Gasteiger partial charge is 0.227 e. The van der Waals surface area contributed by atoms with Crippen LogP contribution in [-0.2, 0) is 11.2 Å². The minimum atomic E-state index is -0.307. The monoisotopic (exact) mass is 297 g/mol. The van der Waals surface area contributed by atoms with E-state index >= 15 is 0 Å². The molecule has 1 aromatic carbocycles. The molecular formula is C15H20ClNO3. The second-order valence-corrected chi connectivity index (χ2v) is 5.82. The molecule has 110 valence electrons. The van der Waals surface area contributed by atoms with Gasteiger partial charge in [-0.1, -0.05) is 17.7 Å². The van der Waals surface area contributed by atoms with Gasteiger partial charge in [-0.15, -0.1) is 0 Å². The number of aliphatic hydroxyl groups excluding tert-OH is 1. The number of aliphatic hydroxyl groups is 1. The highest BCUT2D eigenvalue weighted by atomic mass is 35.5. The quantitative estimate of drug-likeness (QED) is 0.899. The van der Waals surface area contributed by atoms with Crippen molar-refractivity contribution in [3.63, 3.8) is 0 Å². The lowest BCUT2D eigenvalue weighted by Gasteiger charge is -2.33. The summed E-state index contributed by atoms with van der Waals surface area (Å²) in [5.74, 6) is 0.432. The van der Waals surface area contributed by atoms with Crippen LogP contribution in [0.1, 0.15) is 25.3 Å². The van der Waals surface area contributed by atoms with Gasteiger partial charge in [-0.2, -0.15) is 0 Å². The Morgan fingerprint density at radius 1 is 1.45 bits per heavy atom. The number of amides is 1. The summed E-state index contributed by atoms with van der Waals surface area (Å²) in [6.45, 7) is 3.17. The molecule has 1 saturated heterocycles. The van der Waals surface area contributed by atoms with E-state index in [1.807, 2.05) is 4.90 Å². The summed E-state index contributed by atoms with van der Waals surface area (Å²) in [6, 6.07) is 4.66. The molecule has 0 bridgehead atoms. The van der Waals surface area contributed by atoms with Crippen LogP contribution >= 0.6 is 11.6 Å². The van der Waals surface area contributed by atoms with Crippen molar-refractivity contribution in [1.29, 1.82) is 0 Å². The van der Waals surface area contributed by atoms with Crippen LogP contribution in [0.3, 0.4) is 0 Å². The van der Waals surface area contributed by atoms with E-state index in [9.17, 15) is 15.0 Å². The van der Waals surface area contributed by atoms with E-state index in [1.54, 1.807) is 13.0 Å². The lowest BCUT2D eigenvalue weighted by molar-refractivity contribution is -0.132. The van der Waals surface area contributed by atoms with Crippen LogP contribution in [0.15, 0.2) is 18.2 Å². The van der Waals surface area contributed by atoms with Gasteiger partial charge in [0.05, 0.1) is 12.5 Å². The number of hydrogen-bond donors (Lipinski definition) is 2. The van der Waals surface area contributed by atoms with Crippen LogP contribution in [0.4, 0.5) is 0 Å². The second-order valence-electron chi connectivity index (χ2n) is 5.41. The standard InChI is InChI=1S/C15H20ClNO3/c1-10(18)11-4-6-17(7-5-11)15(20)8-12-2-3-13(19)9-14(12)16/h2-3,9-11,18-19H,4-8H2,1H3. The molecular weight excluding hydrogens is 278 g/mol. The van der Waals surface area contributed by atoms with Gasteiger partial charge in [-0.3, -0.25) is 4.79 Å². The van der Waals surface area contributed by atoms with E-state index in [0.29, 0.717) is 18.1 Å². The Kier molecular flexibility index (Phi) is 4.89. The molecule has 1 fully saturated rings. The molecule has 1 heterocycles. The molecule has 1 aliphatic rings. The highest BCUT2D eigenvalue weighted by Gasteiger charge is 2.25. The number of likely N-dealkylation sites (tertiary alicyclic amines) is 1. The molecule has 1 unspecified atom stereocenters. The van der Waals surface area contributed by atoms with Crippen LogP contribution < -0.4 is 0 Å². The highest BCUT2D eigenvalue weighted by molar-refractivity contribution is 6.31. The first-order valence-corrected chi connectivity index (χ1v) is 7.28. The maximum absolute atomic E-state index is 12.2. The number of phenolic OH excluding ortho intramolecular Hbond substituents is 1. The Bertz CT molecular complexity index is 482. The molecule has 1 aliphatic heterocycles. The summed E-state index contributed by atoms with van der Waals surface area (Å²) < 4.78 is 0. The predicted octanol–water partition coefficient (Wildman–Crippen LogP) is 2.21. The normalized spacial score (nSPS) is 18.1. The summed E-state index contributed by atoms with van der Waals surface area (Å²) in [7, 11) is 0. The van der Waals surface area contributed by atoms with Crippen LogP contribution in [0.2, 0.25) is 5.02 Å². The summed E-state index contributed by atoms with van der Waals surface area (Å²) >= 11 is 6.01. The molecule has 1 aromatic rings. The fourth-order valence-electron chi connectivity index (χ4n) is 2.59. The fraction of sp³-hybridized carbons (Fsp3) is 0.533. The van der Waals surface area contributed by atoms with Gasteiger partial charge < -0.3 is 15.1 Å². The van der Waals surface area contributed by atoms with Gasteiger partial charge in [0.25, 0.3) is 0 Å². The maximum atomic E-state index is 12.2. The second kappa shape index (κ2) is 6.46. The third-order valence-corrected chi connectivity index (χ3v) is 4.30. The van der Waals surface area contributed by atoms with Crippen molar-refractivity contribution in [3.05, 3.63) is 28.8 Å². The average Bonchev–Trinajstić information content (AvgIpc) is 2.42. The van der Waals surface area contributed by atoms with Crippen molar-refractivity contribution in [3.8, 4) is 5.75 Å². The number of halogens is 1. The van der Waals surface area contributed by atoms with Crippen molar-refractivity contribution in [2.45, 2.75) is 32.3 Å². The fourth-order valence-corrected chi connectivity index (χ4v) is 2.83. The Morgan fingerprint density at radius 2 is 2.10 bits per heavy atom. The van der Waals surface area contributed by atoms with E-state index in [-0.39, 0.29) is 30.1 Å². The molecule has 0 radical (unpaired) electrons. The number of nitrogens with zero attached hydrogens (tertiary/aromatic N) is 1. The summed E-state index contributed by atoms with van der Waals surface area (Å²) in [5.41, 5.74) is 0.729. The number of aromatic hydroxyl groups is 1. The van der Waals surface area contributed by atoms with Crippen molar-refractivity contribution < 1.29 is 15.0 Å². The van der Waals surface area contributed by atoms with Gasteiger partial charge >= 0.3 is 0 Å². The summed E-state index contributed by atoms with van der Waals surface area (Å²) in [5, 5.41) is 19.3. The van der Waals surface area contributed by atoms with Crippen LogP contribution in [0.5, 0.6) is 5.75 Å². The van der Waals surface area contributed by atoms with E-state index < -0.39 is 0 Å². The number of rotatable bonds is 3. The molecule has 0 aliphatic carbocycles.